The third-order valence-corrected chi connectivity index (χ3v) is 9.52. The van der Waals surface area contributed by atoms with Gasteiger partial charge in [0, 0.05) is 6.54 Å². The van der Waals surface area contributed by atoms with Crippen LogP contribution in [0.1, 0.15) is 51.4 Å². The lowest BCUT2D eigenvalue weighted by atomic mass is 9.80. The van der Waals surface area contributed by atoms with Gasteiger partial charge in [0.1, 0.15) is 0 Å². The van der Waals surface area contributed by atoms with E-state index in [1.54, 1.807) is 23.3 Å². The predicted octanol–water partition coefficient (Wildman–Crippen LogP) is 6.13. The molecule has 0 amide bonds. The Morgan fingerprint density at radius 1 is 0.800 bits per heavy atom. The molecular formula is C30H38N2O2S. The maximum absolute atomic E-state index is 12.8. The standard InChI is InChI=1S/C30H38N2O2S/c33-35(34,30-17-16-27-7-4-5-9-29(27)19-30)32-22-24-12-10-23(11-13-24)20-31-21-25-14-15-26-6-2-1-3-8-28(26)18-25/h1,3-9,16-17,19,23-25,31-32H,2,10-15,18,20-22H2. The fraction of sp³-hybridized carbons (Fsp3) is 0.467. The molecule has 2 fully saturated rings. The Balaban J connectivity index is 1.03. The van der Waals surface area contributed by atoms with Crippen molar-refractivity contribution in [2.45, 2.75) is 56.3 Å². The molecule has 0 radical (unpaired) electrons. The first-order chi connectivity index (χ1) is 17.1. The van der Waals surface area contributed by atoms with Gasteiger partial charge < -0.3 is 5.32 Å². The molecule has 0 bridgehead atoms. The van der Waals surface area contributed by atoms with Gasteiger partial charge in [0.2, 0.25) is 10.0 Å². The van der Waals surface area contributed by atoms with Gasteiger partial charge in [-0.3, -0.25) is 0 Å². The summed E-state index contributed by atoms with van der Waals surface area (Å²) in [7, 11) is -3.48. The average molecular weight is 491 g/mol. The van der Waals surface area contributed by atoms with Crippen LogP contribution in [0.2, 0.25) is 0 Å². The zero-order valence-corrected chi connectivity index (χ0v) is 21.4. The highest BCUT2D eigenvalue weighted by molar-refractivity contribution is 7.89. The first-order valence-electron chi connectivity index (χ1n) is 13.3. The van der Waals surface area contributed by atoms with Crippen LogP contribution in [0.4, 0.5) is 0 Å². The first kappa shape index (κ1) is 24.5. The maximum Gasteiger partial charge on any atom is 0.240 e. The molecule has 0 heterocycles. The largest absolute Gasteiger partial charge is 0.316 e. The normalized spacial score (nSPS) is 25.0. The smallest absolute Gasteiger partial charge is 0.240 e. The quantitative estimate of drug-likeness (QED) is 0.468. The highest BCUT2D eigenvalue weighted by atomic mass is 32.2. The second-order valence-corrected chi connectivity index (χ2v) is 12.4. The van der Waals surface area contributed by atoms with Gasteiger partial charge in [-0.2, -0.15) is 0 Å². The Bertz CT molecular complexity index is 1220. The summed E-state index contributed by atoms with van der Waals surface area (Å²) in [5, 5.41) is 5.78. The lowest BCUT2D eigenvalue weighted by Gasteiger charge is -2.30. The van der Waals surface area contributed by atoms with Crippen LogP contribution in [0.15, 0.2) is 82.8 Å². The van der Waals surface area contributed by atoms with E-state index in [0.717, 1.165) is 49.0 Å². The molecule has 3 aliphatic carbocycles. The molecule has 5 heteroatoms. The topological polar surface area (TPSA) is 58.2 Å². The molecule has 0 aromatic heterocycles. The molecule has 4 nitrogen and oxygen atoms in total. The van der Waals surface area contributed by atoms with E-state index in [4.69, 9.17) is 0 Å². The molecule has 0 aliphatic heterocycles. The number of nitrogens with one attached hydrogen (secondary N) is 2. The molecule has 2 aromatic carbocycles. The fourth-order valence-corrected chi connectivity index (χ4v) is 7.05. The molecule has 1 atom stereocenters. The van der Waals surface area contributed by atoms with Gasteiger partial charge in [-0.05, 0) is 116 Å². The van der Waals surface area contributed by atoms with Gasteiger partial charge in [0.25, 0.3) is 0 Å². The lowest BCUT2D eigenvalue weighted by molar-refractivity contribution is 0.263. The third kappa shape index (κ3) is 6.32. The van der Waals surface area contributed by atoms with E-state index in [2.05, 4.69) is 34.3 Å². The molecule has 186 valence electrons. The van der Waals surface area contributed by atoms with Crippen molar-refractivity contribution < 1.29 is 8.42 Å². The monoisotopic (exact) mass is 490 g/mol. The van der Waals surface area contributed by atoms with Crippen LogP contribution in [0.3, 0.4) is 0 Å². The molecule has 35 heavy (non-hydrogen) atoms. The molecule has 5 rings (SSSR count). The molecule has 2 saturated carbocycles. The summed E-state index contributed by atoms with van der Waals surface area (Å²) in [5.41, 5.74) is 3.12. The zero-order valence-electron chi connectivity index (χ0n) is 20.6. The van der Waals surface area contributed by atoms with Crippen molar-refractivity contribution in [2.75, 3.05) is 19.6 Å². The van der Waals surface area contributed by atoms with E-state index in [0.29, 0.717) is 23.3 Å². The third-order valence-electron chi connectivity index (χ3n) is 8.10. The number of hydrogen-bond donors (Lipinski definition) is 2. The zero-order chi connectivity index (χ0) is 24.1. The molecule has 3 aliphatic rings. The van der Waals surface area contributed by atoms with E-state index in [9.17, 15) is 8.42 Å². The number of allylic oxidation sites excluding steroid dienone is 6. The van der Waals surface area contributed by atoms with Gasteiger partial charge in [-0.15, -0.1) is 0 Å². The van der Waals surface area contributed by atoms with Crippen LogP contribution >= 0.6 is 0 Å². The van der Waals surface area contributed by atoms with Crippen molar-refractivity contribution in [1.82, 2.24) is 10.0 Å². The predicted molar refractivity (Wildman–Crippen MR) is 145 cm³/mol. The second-order valence-electron chi connectivity index (χ2n) is 10.6. The van der Waals surface area contributed by atoms with Crippen molar-refractivity contribution in [2.24, 2.45) is 17.8 Å². The lowest BCUT2D eigenvalue weighted by Crippen LogP contribution is -2.34. The average Bonchev–Trinajstić information content (AvgIpc) is 3.13. The molecule has 2 N–H and O–H groups in total. The molecular weight excluding hydrogens is 452 g/mol. The fourth-order valence-electron chi connectivity index (χ4n) is 5.90. The van der Waals surface area contributed by atoms with Crippen LogP contribution in [-0.4, -0.2) is 28.1 Å². The van der Waals surface area contributed by atoms with Crippen molar-refractivity contribution in [3.8, 4) is 0 Å². The number of hydrogen-bond acceptors (Lipinski definition) is 3. The summed E-state index contributed by atoms with van der Waals surface area (Å²) in [6, 6.07) is 13.2. The SMILES string of the molecule is O=S(=O)(NCC1CCC(CNCC2CCC3=CCC=CC=C3C2)CC1)c1ccc2ccccc2c1. The van der Waals surface area contributed by atoms with Crippen LogP contribution in [0.5, 0.6) is 0 Å². The molecule has 0 spiro atoms. The van der Waals surface area contributed by atoms with E-state index < -0.39 is 10.0 Å². The van der Waals surface area contributed by atoms with E-state index in [1.165, 1.54) is 32.1 Å². The second kappa shape index (κ2) is 11.2. The Morgan fingerprint density at radius 2 is 1.54 bits per heavy atom. The first-order valence-corrected chi connectivity index (χ1v) is 14.8. The summed E-state index contributed by atoms with van der Waals surface area (Å²) < 4.78 is 28.6. The highest BCUT2D eigenvalue weighted by Crippen LogP contribution is 2.34. The van der Waals surface area contributed by atoms with E-state index in [1.807, 2.05) is 30.3 Å². The van der Waals surface area contributed by atoms with Crippen molar-refractivity contribution in [3.63, 3.8) is 0 Å². The minimum absolute atomic E-state index is 0.357. The minimum atomic E-state index is -3.48. The number of sulfonamides is 1. The molecule has 2 aromatic rings. The molecule has 0 saturated heterocycles. The summed E-state index contributed by atoms with van der Waals surface area (Å²) >= 11 is 0. The van der Waals surface area contributed by atoms with Crippen molar-refractivity contribution in [1.29, 1.82) is 0 Å². The van der Waals surface area contributed by atoms with Crippen LogP contribution in [-0.2, 0) is 10.0 Å². The number of rotatable bonds is 8. The van der Waals surface area contributed by atoms with Gasteiger partial charge in [-0.1, -0.05) is 54.6 Å². The van der Waals surface area contributed by atoms with Gasteiger partial charge in [-0.25, -0.2) is 13.1 Å². The van der Waals surface area contributed by atoms with Crippen molar-refractivity contribution >= 4 is 20.8 Å². The maximum atomic E-state index is 12.8. The Kier molecular flexibility index (Phi) is 7.86. The number of fused-ring (bicyclic) bond motifs is 2. The summed E-state index contributed by atoms with van der Waals surface area (Å²) in [6.07, 6.45) is 18.5. The summed E-state index contributed by atoms with van der Waals surface area (Å²) in [6.45, 7) is 2.74. The Labute approximate surface area is 210 Å². The van der Waals surface area contributed by atoms with Crippen molar-refractivity contribution in [3.05, 3.63) is 77.9 Å². The van der Waals surface area contributed by atoms with Crippen LogP contribution < -0.4 is 10.0 Å². The molecule has 1 unspecified atom stereocenters. The highest BCUT2D eigenvalue weighted by Gasteiger charge is 2.25. The summed E-state index contributed by atoms with van der Waals surface area (Å²) in [5.74, 6) is 1.88. The number of benzene rings is 2. The Morgan fingerprint density at radius 3 is 2.37 bits per heavy atom. The van der Waals surface area contributed by atoms with Gasteiger partial charge in [0.05, 0.1) is 4.90 Å². The minimum Gasteiger partial charge on any atom is -0.316 e. The van der Waals surface area contributed by atoms with Crippen LogP contribution in [0, 0.1) is 17.8 Å². The van der Waals surface area contributed by atoms with E-state index >= 15 is 0 Å². The van der Waals surface area contributed by atoms with E-state index in [-0.39, 0.29) is 0 Å². The van der Waals surface area contributed by atoms with Gasteiger partial charge in [0.15, 0.2) is 0 Å². The summed E-state index contributed by atoms with van der Waals surface area (Å²) in [4.78, 5) is 0.357. The Hall–Kier alpha value is -2.21. The van der Waals surface area contributed by atoms with Crippen LogP contribution in [0.25, 0.3) is 10.8 Å². The van der Waals surface area contributed by atoms with Gasteiger partial charge >= 0.3 is 0 Å².